The van der Waals surface area contributed by atoms with E-state index in [2.05, 4.69) is 5.32 Å². The number of esters is 1. The van der Waals surface area contributed by atoms with Gasteiger partial charge in [0.25, 0.3) is 5.91 Å². The van der Waals surface area contributed by atoms with Crippen molar-refractivity contribution in [3.05, 3.63) is 82.4 Å². The SMILES string of the molecule is CC(C)(C)OC(=O)N1CCN(CCNC(=O)c2ccc3c(c2)C(=O)OC32c3ccc(O)cc3Oc3cc(OCCF)ccc32)CCN(C(=O)OC(C)(C)C)CCN(C(=O)OC(C)(C)C)CC1. The summed E-state index contributed by atoms with van der Waals surface area (Å²) in [5.41, 5.74) is -2.09. The molecule has 66 heavy (non-hydrogen) atoms. The Morgan fingerprint density at radius 3 is 1.68 bits per heavy atom. The number of aromatic hydroxyl groups is 1. The van der Waals surface area contributed by atoms with Crippen molar-refractivity contribution >= 4 is 30.2 Å². The number of fused-ring (bicyclic) bond motifs is 6. The monoisotopic (exact) mass is 919 g/mol. The lowest BCUT2D eigenvalue weighted by Crippen LogP contribution is -2.51. The molecule has 3 aromatic carbocycles. The Labute approximate surface area is 385 Å². The van der Waals surface area contributed by atoms with Crippen molar-refractivity contribution in [3.63, 3.8) is 0 Å². The van der Waals surface area contributed by atoms with Gasteiger partial charge in [0, 0.05) is 99.8 Å². The van der Waals surface area contributed by atoms with Crippen LogP contribution in [0.15, 0.2) is 54.6 Å². The summed E-state index contributed by atoms with van der Waals surface area (Å²) in [5, 5.41) is 13.3. The number of benzene rings is 3. The third-order valence-corrected chi connectivity index (χ3v) is 10.7. The first-order valence-corrected chi connectivity index (χ1v) is 22.1. The average molecular weight is 920 g/mol. The molecule has 0 bridgehead atoms. The first kappa shape index (κ1) is 49.1. The largest absolute Gasteiger partial charge is 0.508 e. The van der Waals surface area contributed by atoms with E-state index in [-0.39, 0.29) is 80.8 Å². The highest BCUT2D eigenvalue weighted by molar-refractivity contribution is 6.01. The summed E-state index contributed by atoms with van der Waals surface area (Å²) in [4.78, 5) is 74.6. The van der Waals surface area contributed by atoms with Crippen LogP contribution in [-0.4, -0.2) is 150 Å². The van der Waals surface area contributed by atoms with Gasteiger partial charge in [-0.1, -0.05) is 6.07 Å². The van der Waals surface area contributed by atoms with E-state index in [0.29, 0.717) is 42.1 Å². The van der Waals surface area contributed by atoms with E-state index in [1.165, 1.54) is 32.9 Å². The molecular weight excluding hydrogens is 858 g/mol. The van der Waals surface area contributed by atoms with E-state index in [1.54, 1.807) is 98.7 Å². The topological polar surface area (TPSA) is 186 Å². The molecule has 1 unspecified atom stereocenters. The van der Waals surface area contributed by atoms with Crippen molar-refractivity contribution in [2.24, 2.45) is 0 Å². The van der Waals surface area contributed by atoms with E-state index < -0.39 is 59.2 Å². The number of halogens is 1. The number of hydrogen-bond acceptors (Lipinski definition) is 13. The van der Waals surface area contributed by atoms with Gasteiger partial charge in [-0.3, -0.25) is 9.69 Å². The number of phenolic OH excluding ortho intramolecular Hbond substituents is 1. The van der Waals surface area contributed by atoms with Gasteiger partial charge >= 0.3 is 24.2 Å². The zero-order chi connectivity index (χ0) is 48.2. The van der Waals surface area contributed by atoms with E-state index in [1.807, 2.05) is 4.90 Å². The number of phenols is 1. The molecule has 2 N–H and O–H groups in total. The molecular formula is C48H62FN5O12. The zero-order valence-electron chi connectivity index (χ0n) is 39.3. The summed E-state index contributed by atoms with van der Waals surface area (Å²) >= 11 is 0. The van der Waals surface area contributed by atoms with Gasteiger partial charge in [-0.25, -0.2) is 23.6 Å². The van der Waals surface area contributed by atoms with Crippen LogP contribution in [0.25, 0.3) is 0 Å². The van der Waals surface area contributed by atoms with Crippen LogP contribution in [0.3, 0.4) is 0 Å². The van der Waals surface area contributed by atoms with Crippen LogP contribution in [0, 0.1) is 0 Å². The Bertz CT molecular complexity index is 2260. The van der Waals surface area contributed by atoms with Gasteiger partial charge in [-0.2, -0.15) is 0 Å². The van der Waals surface area contributed by atoms with Crippen molar-refractivity contribution in [1.29, 1.82) is 0 Å². The van der Waals surface area contributed by atoms with Crippen LogP contribution in [0.1, 0.15) is 99.7 Å². The Hall–Kier alpha value is -6.30. The predicted octanol–water partition coefficient (Wildman–Crippen LogP) is 7.07. The fraction of sp³-hybridized carbons (Fsp3) is 0.521. The second-order valence-electron chi connectivity index (χ2n) is 19.3. The minimum Gasteiger partial charge on any atom is -0.508 e. The summed E-state index contributed by atoms with van der Waals surface area (Å²) in [6, 6.07) is 14.1. The zero-order valence-corrected chi connectivity index (χ0v) is 39.3. The molecule has 4 amide bonds. The van der Waals surface area contributed by atoms with Crippen molar-refractivity contribution in [1.82, 2.24) is 24.9 Å². The molecule has 18 heteroatoms. The number of alkyl halides is 1. The van der Waals surface area contributed by atoms with Crippen molar-refractivity contribution in [3.8, 4) is 23.0 Å². The molecule has 358 valence electrons. The molecule has 3 aromatic rings. The molecule has 3 aliphatic rings. The third-order valence-electron chi connectivity index (χ3n) is 10.7. The molecule has 3 aliphatic heterocycles. The van der Waals surface area contributed by atoms with E-state index >= 15 is 0 Å². The maximum atomic E-state index is 13.8. The first-order chi connectivity index (χ1) is 31.0. The molecule has 1 saturated heterocycles. The fourth-order valence-corrected chi connectivity index (χ4v) is 7.72. The third kappa shape index (κ3) is 11.9. The normalized spacial score (nSPS) is 18.1. The summed E-state index contributed by atoms with van der Waals surface area (Å²) in [6.07, 6.45) is -1.69. The lowest BCUT2D eigenvalue weighted by Gasteiger charge is -2.36. The molecule has 1 spiro atoms. The fourth-order valence-electron chi connectivity index (χ4n) is 7.72. The lowest BCUT2D eigenvalue weighted by molar-refractivity contribution is 0.00475. The number of carbonyl (C=O) groups excluding carboxylic acids is 5. The van der Waals surface area contributed by atoms with Gasteiger partial charge in [0.2, 0.25) is 0 Å². The van der Waals surface area contributed by atoms with Crippen molar-refractivity contribution in [2.45, 2.75) is 84.7 Å². The molecule has 0 radical (unpaired) electrons. The highest BCUT2D eigenvalue weighted by Gasteiger charge is 2.54. The minimum absolute atomic E-state index is 0.0751. The minimum atomic E-state index is -1.49. The molecule has 0 saturated carbocycles. The van der Waals surface area contributed by atoms with Gasteiger partial charge in [-0.15, -0.1) is 0 Å². The number of carbonyl (C=O) groups is 5. The average Bonchev–Trinajstić information content (AvgIpc) is 3.49. The van der Waals surface area contributed by atoms with Crippen LogP contribution in [0.4, 0.5) is 18.8 Å². The quantitative estimate of drug-likeness (QED) is 0.181. The predicted molar refractivity (Wildman–Crippen MR) is 240 cm³/mol. The molecule has 6 rings (SSSR count). The first-order valence-electron chi connectivity index (χ1n) is 22.1. The van der Waals surface area contributed by atoms with Crippen LogP contribution in [0.5, 0.6) is 23.0 Å². The maximum absolute atomic E-state index is 13.8. The maximum Gasteiger partial charge on any atom is 0.410 e. The number of ether oxygens (including phenoxy) is 6. The number of nitrogens with one attached hydrogen (secondary N) is 1. The molecule has 0 aliphatic carbocycles. The van der Waals surface area contributed by atoms with E-state index in [0.717, 1.165) is 0 Å². The van der Waals surface area contributed by atoms with Crippen molar-refractivity contribution < 1.29 is 61.9 Å². The van der Waals surface area contributed by atoms with Crippen LogP contribution < -0.4 is 14.8 Å². The number of rotatable bonds is 7. The standard InChI is InChI=1S/C48H62FN5O12/c1-45(2,3)64-42(58)52-21-19-51(20-22-53(43(59)65-46(4,5)6)24-26-54(25-23-52)44(60)66-47(7,8)9)18-17-50-40(56)31-10-13-35-34(28-31)41(57)63-48(35)36-14-11-32(55)29-38(36)62-39-30-33(61-27-16-49)12-15-37(39)48/h10-15,28-30,55H,16-27H2,1-9H3,(H,50,56). The Balaban J connectivity index is 1.21. The lowest BCUT2D eigenvalue weighted by atomic mass is 9.77. The van der Waals surface area contributed by atoms with Crippen LogP contribution in [0.2, 0.25) is 0 Å². The summed E-state index contributed by atoms with van der Waals surface area (Å²) in [7, 11) is 0. The number of amides is 4. The highest BCUT2D eigenvalue weighted by atomic mass is 19.1. The second-order valence-corrected chi connectivity index (χ2v) is 19.3. The molecule has 1 fully saturated rings. The number of hydrogen-bond donors (Lipinski definition) is 2. The van der Waals surface area contributed by atoms with Gasteiger partial charge in [0.05, 0.1) is 5.56 Å². The smallest absolute Gasteiger partial charge is 0.410 e. The summed E-state index contributed by atoms with van der Waals surface area (Å²) < 4.78 is 48.0. The van der Waals surface area contributed by atoms with Gasteiger partial charge in [0.1, 0.15) is 53.1 Å². The van der Waals surface area contributed by atoms with Gasteiger partial charge in [0.15, 0.2) is 5.60 Å². The molecule has 3 heterocycles. The molecule has 17 nitrogen and oxygen atoms in total. The van der Waals surface area contributed by atoms with Gasteiger partial charge < -0.3 is 53.5 Å². The Kier molecular flexibility index (Phi) is 14.6. The van der Waals surface area contributed by atoms with Crippen LogP contribution >= 0.6 is 0 Å². The molecule has 1 atom stereocenters. The van der Waals surface area contributed by atoms with Crippen LogP contribution in [-0.2, 0) is 24.5 Å². The highest BCUT2D eigenvalue weighted by Crippen LogP contribution is 2.57. The Morgan fingerprint density at radius 1 is 0.682 bits per heavy atom. The second kappa shape index (κ2) is 19.7. The van der Waals surface area contributed by atoms with Gasteiger partial charge in [-0.05, 0) is 98.7 Å². The summed E-state index contributed by atoms with van der Waals surface area (Å²) in [5.74, 6) is -0.362. The Morgan fingerprint density at radius 2 is 1.17 bits per heavy atom. The number of nitrogens with zero attached hydrogens (tertiary/aromatic N) is 4. The van der Waals surface area contributed by atoms with E-state index in [4.69, 9.17) is 28.4 Å². The van der Waals surface area contributed by atoms with E-state index in [9.17, 15) is 33.5 Å². The summed E-state index contributed by atoms with van der Waals surface area (Å²) in [6.45, 7) is 17.1. The van der Waals surface area contributed by atoms with Crippen molar-refractivity contribution in [2.75, 3.05) is 78.7 Å². The molecule has 0 aromatic heterocycles.